The molecule has 0 aromatic heterocycles. The Morgan fingerprint density at radius 2 is 1.22 bits per heavy atom. The number of aryl methyl sites for hydroxylation is 3. The van der Waals surface area contributed by atoms with Crippen molar-refractivity contribution in [3.05, 3.63) is 81.4 Å². The summed E-state index contributed by atoms with van der Waals surface area (Å²) in [5, 5.41) is 0. The molecule has 0 saturated heterocycles. The summed E-state index contributed by atoms with van der Waals surface area (Å²) < 4.78 is 0. The van der Waals surface area contributed by atoms with E-state index in [4.69, 9.17) is 0 Å². The van der Waals surface area contributed by atoms with Gasteiger partial charge in [0.1, 0.15) is 0 Å². The van der Waals surface area contributed by atoms with Crippen LogP contribution in [0.1, 0.15) is 38.9 Å². The fourth-order valence-electron chi connectivity index (χ4n) is 4.45. The summed E-state index contributed by atoms with van der Waals surface area (Å²) in [6, 6.07) is 16.5. The second-order valence-corrected chi connectivity index (χ2v) is 7.29. The maximum atomic E-state index is 2.46. The van der Waals surface area contributed by atoms with Crippen molar-refractivity contribution in [1.29, 1.82) is 0 Å². The molecule has 0 spiro atoms. The van der Waals surface area contributed by atoms with Crippen molar-refractivity contribution in [3.8, 4) is 22.3 Å². The van der Waals surface area contributed by atoms with Crippen LogP contribution < -0.4 is 0 Å². The lowest BCUT2D eigenvalue weighted by Crippen LogP contribution is -1.87. The molecule has 0 heterocycles. The van der Waals surface area contributed by atoms with Crippen molar-refractivity contribution in [2.45, 2.75) is 33.6 Å². The van der Waals surface area contributed by atoms with E-state index >= 15 is 0 Å². The molecule has 0 amide bonds. The Balaban J connectivity index is 1.73. The zero-order valence-electron chi connectivity index (χ0n) is 14.0. The highest BCUT2D eigenvalue weighted by molar-refractivity contribution is 5.86. The lowest BCUT2D eigenvalue weighted by molar-refractivity contribution is 1.20. The topological polar surface area (TPSA) is 0 Å². The number of hydrogen-bond donors (Lipinski definition) is 0. The number of benzene rings is 3. The van der Waals surface area contributed by atoms with E-state index in [0.29, 0.717) is 0 Å². The van der Waals surface area contributed by atoms with Gasteiger partial charge in [0.2, 0.25) is 0 Å². The van der Waals surface area contributed by atoms with Crippen LogP contribution in [0.2, 0.25) is 0 Å². The monoisotopic (exact) mass is 296 g/mol. The molecule has 2 aliphatic rings. The van der Waals surface area contributed by atoms with E-state index < -0.39 is 0 Å². The fraction of sp³-hybridized carbons (Fsp3) is 0.217. The van der Waals surface area contributed by atoms with Gasteiger partial charge >= 0.3 is 0 Å². The van der Waals surface area contributed by atoms with Crippen LogP contribution in [0, 0.1) is 20.8 Å². The second-order valence-electron chi connectivity index (χ2n) is 7.29. The van der Waals surface area contributed by atoms with Gasteiger partial charge in [0, 0.05) is 0 Å². The number of fused-ring (bicyclic) bond motifs is 6. The largest absolute Gasteiger partial charge is 0.0590 e. The minimum absolute atomic E-state index is 1.08. The van der Waals surface area contributed by atoms with E-state index in [9.17, 15) is 0 Å². The zero-order chi connectivity index (χ0) is 15.7. The van der Waals surface area contributed by atoms with Gasteiger partial charge in [0.25, 0.3) is 0 Å². The highest BCUT2D eigenvalue weighted by Gasteiger charge is 2.26. The summed E-state index contributed by atoms with van der Waals surface area (Å²) in [5.41, 5.74) is 16.0. The quantitative estimate of drug-likeness (QED) is 0.341. The van der Waals surface area contributed by atoms with Crippen LogP contribution in [0.5, 0.6) is 0 Å². The van der Waals surface area contributed by atoms with Gasteiger partial charge in [0.15, 0.2) is 0 Å². The highest BCUT2D eigenvalue weighted by atomic mass is 14.3. The molecule has 0 N–H and O–H groups in total. The van der Waals surface area contributed by atoms with Crippen LogP contribution in [-0.2, 0) is 12.8 Å². The molecule has 0 nitrogen and oxygen atoms in total. The van der Waals surface area contributed by atoms with Crippen molar-refractivity contribution < 1.29 is 0 Å². The van der Waals surface area contributed by atoms with E-state index in [1.54, 1.807) is 0 Å². The molecule has 0 unspecified atom stereocenters. The molecule has 0 bridgehead atoms. The van der Waals surface area contributed by atoms with Crippen molar-refractivity contribution in [1.82, 2.24) is 0 Å². The molecule has 23 heavy (non-hydrogen) atoms. The van der Waals surface area contributed by atoms with E-state index in [1.807, 2.05) is 0 Å². The average Bonchev–Trinajstić information content (AvgIpc) is 3.03. The number of rotatable bonds is 0. The first kappa shape index (κ1) is 13.1. The van der Waals surface area contributed by atoms with E-state index in [2.05, 4.69) is 63.2 Å². The molecule has 0 fully saturated rings. The SMILES string of the molecule is Cc1ccc2c(c1)-c1cc3c(cc1C2)-c1cc(C)cc(C)c1C3. The van der Waals surface area contributed by atoms with Crippen LogP contribution in [0.25, 0.3) is 22.3 Å². The van der Waals surface area contributed by atoms with Crippen LogP contribution in [0.3, 0.4) is 0 Å². The average molecular weight is 296 g/mol. The van der Waals surface area contributed by atoms with Crippen LogP contribution in [0.4, 0.5) is 0 Å². The molecule has 0 atom stereocenters. The first-order chi connectivity index (χ1) is 11.1. The standard InChI is InChI=1S/C23H20/c1-13-4-5-16-9-17-11-22-18(12-21(17)20(16)7-13)10-19-15(3)6-14(2)8-23(19)22/h4-8,11-12H,9-10H2,1-3H3. The predicted octanol–water partition coefficient (Wildman–Crippen LogP) is 5.75. The van der Waals surface area contributed by atoms with Crippen LogP contribution in [-0.4, -0.2) is 0 Å². The first-order valence-electron chi connectivity index (χ1n) is 8.46. The molecule has 0 radical (unpaired) electrons. The lowest BCUT2D eigenvalue weighted by atomic mass is 9.96. The minimum Gasteiger partial charge on any atom is -0.0590 e. The summed E-state index contributed by atoms with van der Waals surface area (Å²) in [4.78, 5) is 0. The molecule has 3 aromatic rings. The van der Waals surface area contributed by atoms with Crippen molar-refractivity contribution in [2.75, 3.05) is 0 Å². The van der Waals surface area contributed by atoms with E-state index in [0.717, 1.165) is 12.8 Å². The van der Waals surface area contributed by atoms with Gasteiger partial charge in [-0.1, -0.05) is 41.5 Å². The highest BCUT2D eigenvalue weighted by Crippen LogP contribution is 2.45. The molecule has 0 aliphatic heterocycles. The second kappa shape index (κ2) is 4.35. The van der Waals surface area contributed by atoms with Gasteiger partial charge in [-0.15, -0.1) is 0 Å². The van der Waals surface area contributed by atoms with Crippen LogP contribution >= 0.6 is 0 Å². The van der Waals surface area contributed by atoms with Crippen molar-refractivity contribution in [2.24, 2.45) is 0 Å². The van der Waals surface area contributed by atoms with Gasteiger partial charge in [-0.25, -0.2) is 0 Å². The number of hydrogen-bond acceptors (Lipinski definition) is 0. The molecule has 2 aliphatic carbocycles. The Kier molecular flexibility index (Phi) is 2.48. The van der Waals surface area contributed by atoms with Gasteiger partial charge in [-0.05, 0) is 95.8 Å². The van der Waals surface area contributed by atoms with Gasteiger partial charge in [0.05, 0.1) is 0 Å². The summed E-state index contributed by atoms with van der Waals surface area (Å²) in [6.07, 6.45) is 2.17. The summed E-state index contributed by atoms with van der Waals surface area (Å²) in [5.74, 6) is 0. The Morgan fingerprint density at radius 3 is 2.04 bits per heavy atom. The zero-order valence-corrected chi connectivity index (χ0v) is 14.0. The Morgan fingerprint density at radius 1 is 0.565 bits per heavy atom. The predicted molar refractivity (Wildman–Crippen MR) is 97.1 cm³/mol. The van der Waals surface area contributed by atoms with Crippen molar-refractivity contribution in [3.63, 3.8) is 0 Å². The molecular formula is C23H20. The third kappa shape index (κ3) is 1.78. The Labute approximate surface area is 137 Å². The molecule has 5 rings (SSSR count). The molecule has 0 heteroatoms. The normalized spacial score (nSPS) is 13.5. The van der Waals surface area contributed by atoms with Gasteiger partial charge in [-0.3, -0.25) is 0 Å². The summed E-state index contributed by atoms with van der Waals surface area (Å²) in [6.45, 7) is 6.65. The Hall–Kier alpha value is -2.34. The van der Waals surface area contributed by atoms with Gasteiger partial charge < -0.3 is 0 Å². The first-order valence-corrected chi connectivity index (χ1v) is 8.46. The van der Waals surface area contributed by atoms with E-state index in [-0.39, 0.29) is 0 Å². The molecule has 112 valence electrons. The maximum absolute atomic E-state index is 2.46. The molecular weight excluding hydrogens is 276 g/mol. The van der Waals surface area contributed by atoms with E-state index in [1.165, 1.54) is 61.2 Å². The third-order valence-electron chi connectivity index (χ3n) is 5.54. The smallest absolute Gasteiger partial charge is 0.00106 e. The Bertz CT molecular complexity index is 989. The van der Waals surface area contributed by atoms with Crippen molar-refractivity contribution >= 4 is 0 Å². The third-order valence-corrected chi connectivity index (χ3v) is 5.54. The maximum Gasteiger partial charge on any atom is -0.00106 e. The summed E-state index contributed by atoms with van der Waals surface area (Å²) in [7, 11) is 0. The summed E-state index contributed by atoms with van der Waals surface area (Å²) >= 11 is 0. The minimum atomic E-state index is 1.08. The molecule has 3 aromatic carbocycles. The molecule has 0 saturated carbocycles. The van der Waals surface area contributed by atoms with Gasteiger partial charge in [-0.2, -0.15) is 0 Å². The lowest BCUT2D eigenvalue weighted by Gasteiger charge is -2.08. The van der Waals surface area contributed by atoms with Crippen LogP contribution in [0.15, 0.2) is 42.5 Å². The fourth-order valence-corrected chi connectivity index (χ4v) is 4.45.